The summed E-state index contributed by atoms with van der Waals surface area (Å²) in [5.41, 5.74) is 6.19. The van der Waals surface area contributed by atoms with Crippen molar-refractivity contribution in [3.05, 3.63) is 86.5 Å². The van der Waals surface area contributed by atoms with Crippen molar-refractivity contribution in [3.8, 4) is 5.69 Å². The highest BCUT2D eigenvalue weighted by atomic mass is 79.9. The lowest BCUT2D eigenvalue weighted by molar-refractivity contribution is -0.123. The normalized spacial score (nSPS) is 17.6. The Morgan fingerprint density at radius 1 is 1.00 bits per heavy atom. The first-order valence-corrected chi connectivity index (χ1v) is 13.1. The van der Waals surface area contributed by atoms with Gasteiger partial charge in [-0.15, -0.1) is 0 Å². The number of imide groups is 1. The average Bonchev–Trinajstić information content (AvgIpc) is 3.30. The van der Waals surface area contributed by atoms with E-state index in [0.29, 0.717) is 4.91 Å². The number of carbonyl (C=O) groups is 2. The predicted octanol–water partition coefficient (Wildman–Crippen LogP) is 5.93. The molecule has 1 aromatic heterocycles. The number of carbonyl (C=O) groups excluding carboxylic acids is 2. The maximum atomic E-state index is 13.1. The maximum Gasteiger partial charge on any atom is 0.293 e. The topological polar surface area (TPSA) is 54.8 Å². The van der Waals surface area contributed by atoms with E-state index >= 15 is 0 Å². The number of thioether (sulfide) groups is 1. The molecule has 0 radical (unpaired) electrons. The predicted molar refractivity (Wildman–Crippen MR) is 144 cm³/mol. The Labute approximate surface area is 217 Å². The molecule has 180 valence electrons. The Morgan fingerprint density at radius 2 is 1.69 bits per heavy atom. The molecule has 0 atom stereocenters. The third-order valence-electron chi connectivity index (χ3n) is 6.40. The lowest BCUT2D eigenvalue weighted by Crippen LogP contribution is -2.36. The number of hydrogen-bond acceptors (Lipinski definition) is 5. The van der Waals surface area contributed by atoms with Gasteiger partial charge in [0.15, 0.2) is 0 Å². The third kappa shape index (κ3) is 4.83. The zero-order valence-corrected chi connectivity index (χ0v) is 22.1. The van der Waals surface area contributed by atoms with Crippen molar-refractivity contribution in [1.29, 1.82) is 0 Å². The lowest BCUT2D eigenvalue weighted by Gasteiger charge is -2.29. The molecule has 0 saturated carbocycles. The van der Waals surface area contributed by atoms with Crippen LogP contribution in [0.2, 0.25) is 0 Å². The van der Waals surface area contributed by atoms with Crippen LogP contribution in [0.1, 0.15) is 22.5 Å². The molecule has 0 N–H and O–H groups in total. The smallest absolute Gasteiger partial charge is 0.293 e. The fourth-order valence-electron chi connectivity index (χ4n) is 4.54. The fourth-order valence-corrected chi connectivity index (χ4v) is 5.78. The standard InChI is InChI=1S/C27H26BrN3O3S/c1-18-15-21(16-25-26(32)30(27(33)35-25)17-20-5-3-4-6-24(20)28)19(2)31(18)23-9-7-22(8-10-23)29-11-13-34-14-12-29/h3-10,15-16H,11-14,17H2,1-2H3/b25-16-. The number of amides is 2. The van der Waals surface area contributed by atoms with Crippen molar-refractivity contribution in [2.24, 2.45) is 0 Å². The van der Waals surface area contributed by atoms with Crippen LogP contribution in [0.5, 0.6) is 0 Å². The van der Waals surface area contributed by atoms with Crippen LogP contribution in [0.25, 0.3) is 11.8 Å². The molecule has 0 bridgehead atoms. The summed E-state index contributed by atoms with van der Waals surface area (Å²) in [7, 11) is 0. The monoisotopic (exact) mass is 551 g/mol. The van der Waals surface area contributed by atoms with E-state index in [4.69, 9.17) is 4.74 Å². The summed E-state index contributed by atoms with van der Waals surface area (Å²) in [6.45, 7) is 7.67. The molecule has 2 aromatic carbocycles. The van der Waals surface area contributed by atoms with Gasteiger partial charge in [-0.2, -0.15) is 0 Å². The molecule has 5 rings (SSSR count). The Morgan fingerprint density at radius 3 is 2.40 bits per heavy atom. The minimum Gasteiger partial charge on any atom is -0.378 e. The lowest BCUT2D eigenvalue weighted by atomic mass is 10.2. The van der Waals surface area contributed by atoms with Crippen LogP contribution in [-0.2, 0) is 16.1 Å². The van der Waals surface area contributed by atoms with Gasteiger partial charge in [-0.3, -0.25) is 14.5 Å². The molecule has 3 aromatic rings. The van der Waals surface area contributed by atoms with Crippen LogP contribution >= 0.6 is 27.7 Å². The van der Waals surface area contributed by atoms with Crippen LogP contribution in [0, 0.1) is 13.8 Å². The van der Waals surface area contributed by atoms with Crippen LogP contribution < -0.4 is 4.90 Å². The van der Waals surface area contributed by atoms with Gasteiger partial charge in [0.05, 0.1) is 24.7 Å². The van der Waals surface area contributed by atoms with Gasteiger partial charge in [0, 0.05) is 40.3 Å². The number of hydrogen-bond donors (Lipinski definition) is 0. The second-order valence-electron chi connectivity index (χ2n) is 8.64. The van der Waals surface area contributed by atoms with Gasteiger partial charge in [0.1, 0.15) is 0 Å². The van der Waals surface area contributed by atoms with E-state index in [2.05, 4.69) is 62.7 Å². The molecule has 2 aliphatic heterocycles. The minimum atomic E-state index is -0.254. The van der Waals surface area contributed by atoms with E-state index in [1.54, 1.807) is 0 Å². The number of ether oxygens (including phenoxy) is 1. The number of benzene rings is 2. The molecular weight excluding hydrogens is 526 g/mol. The van der Waals surface area contributed by atoms with Gasteiger partial charge >= 0.3 is 0 Å². The summed E-state index contributed by atoms with van der Waals surface area (Å²) in [6, 6.07) is 18.2. The van der Waals surface area contributed by atoms with Gasteiger partial charge in [-0.1, -0.05) is 34.1 Å². The quantitative estimate of drug-likeness (QED) is 0.368. The Bertz CT molecular complexity index is 1310. The van der Waals surface area contributed by atoms with E-state index < -0.39 is 0 Å². The van der Waals surface area contributed by atoms with Gasteiger partial charge in [-0.25, -0.2) is 0 Å². The Hall–Kier alpha value is -2.81. The van der Waals surface area contributed by atoms with E-state index in [-0.39, 0.29) is 17.7 Å². The summed E-state index contributed by atoms with van der Waals surface area (Å²) in [6.07, 6.45) is 1.84. The van der Waals surface area contributed by atoms with Gasteiger partial charge in [0.2, 0.25) is 0 Å². The van der Waals surface area contributed by atoms with Crippen molar-refractivity contribution in [2.45, 2.75) is 20.4 Å². The van der Waals surface area contributed by atoms with Gasteiger partial charge in [0.25, 0.3) is 11.1 Å². The molecule has 2 aliphatic rings. The maximum absolute atomic E-state index is 13.1. The largest absolute Gasteiger partial charge is 0.378 e. The molecule has 2 fully saturated rings. The van der Waals surface area contributed by atoms with Gasteiger partial charge in [-0.05, 0) is 79.2 Å². The number of nitrogens with zero attached hydrogens (tertiary/aromatic N) is 3. The van der Waals surface area contributed by atoms with Crippen LogP contribution in [0.4, 0.5) is 10.5 Å². The molecule has 6 nitrogen and oxygen atoms in total. The van der Waals surface area contributed by atoms with Crippen LogP contribution in [-0.4, -0.2) is 46.9 Å². The van der Waals surface area contributed by atoms with Crippen molar-refractivity contribution in [2.75, 3.05) is 31.2 Å². The number of halogens is 1. The summed E-state index contributed by atoms with van der Waals surface area (Å²) < 4.78 is 8.52. The van der Waals surface area contributed by atoms with Crippen LogP contribution in [0.15, 0.2) is 64.0 Å². The zero-order valence-electron chi connectivity index (χ0n) is 19.7. The minimum absolute atomic E-state index is 0.246. The van der Waals surface area contributed by atoms with E-state index in [9.17, 15) is 9.59 Å². The number of aromatic nitrogens is 1. The average molecular weight is 552 g/mol. The van der Waals surface area contributed by atoms with Crippen molar-refractivity contribution in [3.63, 3.8) is 0 Å². The highest BCUT2D eigenvalue weighted by Gasteiger charge is 2.35. The van der Waals surface area contributed by atoms with Crippen LogP contribution in [0.3, 0.4) is 0 Å². The highest BCUT2D eigenvalue weighted by molar-refractivity contribution is 9.10. The summed E-state index contributed by atoms with van der Waals surface area (Å²) in [5, 5.41) is -0.246. The highest BCUT2D eigenvalue weighted by Crippen LogP contribution is 2.35. The number of rotatable bonds is 5. The molecule has 8 heteroatoms. The van der Waals surface area contributed by atoms with Crippen molar-refractivity contribution in [1.82, 2.24) is 9.47 Å². The van der Waals surface area contributed by atoms with Gasteiger partial charge < -0.3 is 14.2 Å². The molecule has 0 spiro atoms. The first-order chi connectivity index (χ1) is 16.9. The van der Waals surface area contributed by atoms with E-state index in [1.165, 1.54) is 10.6 Å². The second-order valence-corrected chi connectivity index (χ2v) is 10.5. The number of aryl methyl sites for hydroxylation is 1. The molecule has 2 amide bonds. The Kier molecular flexibility index (Phi) is 6.86. The Balaban J connectivity index is 1.38. The number of anilines is 1. The van der Waals surface area contributed by atoms with Crippen molar-refractivity contribution < 1.29 is 14.3 Å². The molecule has 35 heavy (non-hydrogen) atoms. The molecule has 2 saturated heterocycles. The molecule has 0 aliphatic carbocycles. The van der Waals surface area contributed by atoms with E-state index in [0.717, 1.165) is 70.7 Å². The fraction of sp³-hybridized carbons (Fsp3) is 0.259. The second kappa shape index (κ2) is 10.0. The summed E-state index contributed by atoms with van der Waals surface area (Å²) >= 11 is 4.50. The molecular formula is C27H26BrN3O3S. The molecule has 3 heterocycles. The SMILES string of the molecule is Cc1cc(/C=C2\SC(=O)N(Cc3ccccc3Br)C2=O)c(C)n1-c1ccc(N2CCOCC2)cc1. The third-order valence-corrected chi connectivity index (χ3v) is 8.08. The zero-order chi connectivity index (χ0) is 24.5. The van der Waals surface area contributed by atoms with Crippen molar-refractivity contribution >= 4 is 50.6 Å². The molecule has 0 unspecified atom stereocenters. The summed E-state index contributed by atoms with van der Waals surface area (Å²) in [5.74, 6) is -0.254. The first kappa shape index (κ1) is 23.9. The van der Waals surface area contributed by atoms with E-state index in [1.807, 2.05) is 37.3 Å². The first-order valence-electron chi connectivity index (χ1n) is 11.5. The number of morpholine rings is 1. The summed E-state index contributed by atoms with van der Waals surface area (Å²) in [4.78, 5) is 29.8.